The van der Waals surface area contributed by atoms with Crippen LogP contribution in [0.5, 0.6) is 0 Å². The van der Waals surface area contributed by atoms with Crippen LogP contribution < -0.4 is 4.90 Å². The first-order valence-electron chi connectivity index (χ1n) is 7.99. The summed E-state index contributed by atoms with van der Waals surface area (Å²) in [6, 6.07) is 7.60. The quantitative estimate of drug-likeness (QED) is 0.713. The number of aromatic nitrogens is 4. The average Bonchev–Trinajstić information content (AvgIpc) is 2.99. The average molecular weight is 322 g/mol. The Bertz CT molecular complexity index is 867. The van der Waals surface area contributed by atoms with Crippen LogP contribution in [0.1, 0.15) is 16.3 Å². The molecule has 0 atom stereocenters. The number of carbonyl (C=O) groups excluding carboxylic acids is 1. The highest BCUT2D eigenvalue weighted by Gasteiger charge is 2.26. The lowest BCUT2D eigenvalue weighted by Crippen LogP contribution is -2.49. The largest absolute Gasteiger partial charge is 0.337 e. The van der Waals surface area contributed by atoms with Gasteiger partial charge in [0.1, 0.15) is 5.82 Å². The number of fused-ring (bicyclic) bond motifs is 1. The van der Waals surface area contributed by atoms with Crippen LogP contribution in [0, 0.1) is 6.92 Å². The molecule has 1 aliphatic rings. The van der Waals surface area contributed by atoms with E-state index in [9.17, 15) is 4.79 Å². The monoisotopic (exact) mass is 322 g/mol. The van der Waals surface area contributed by atoms with Gasteiger partial charge in [-0.25, -0.2) is 15.0 Å². The lowest BCUT2D eigenvalue weighted by atomic mass is 10.2. The van der Waals surface area contributed by atoms with Crippen molar-refractivity contribution >= 4 is 17.4 Å². The fourth-order valence-corrected chi connectivity index (χ4v) is 3.06. The second kappa shape index (κ2) is 5.92. The fourth-order valence-electron chi connectivity index (χ4n) is 3.06. The maximum absolute atomic E-state index is 12.9. The second-order valence-electron chi connectivity index (χ2n) is 5.79. The van der Waals surface area contributed by atoms with Crippen LogP contribution in [-0.2, 0) is 0 Å². The van der Waals surface area contributed by atoms with Crippen molar-refractivity contribution in [3.8, 4) is 0 Å². The number of anilines is 1. The van der Waals surface area contributed by atoms with Gasteiger partial charge in [0.25, 0.3) is 5.91 Å². The van der Waals surface area contributed by atoms with E-state index in [2.05, 4.69) is 19.9 Å². The number of amides is 1. The topological polar surface area (TPSA) is 66.6 Å². The van der Waals surface area contributed by atoms with Gasteiger partial charge in [0.2, 0.25) is 5.95 Å². The molecule has 0 bridgehead atoms. The number of hydrogen-bond acceptors (Lipinski definition) is 5. The van der Waals surface area contributed by atoms with Gasteiger partial charge < -0.3 is 14.2 Å². The molecule has 7 heteroatoms. The molecule has 1 aliphatic heterocycles. The Hall–Kier alpha value is -2.96. The number of carbonyl (C=O) groups is 1. The molecule has 1 fully saturated rings. The van der Waals surface area contributed by atoms with Crippen LogP contribution in [0.2, 0.25) is 0 Å². The van der Waals surface area contributed by atoms with Gasteiger partial charge in [0.05, 0.1) is 5.52 Å². The predicted octanol–water partition coefficient (Wildman–Crippen LogP) is 1.40. The van der Waals surface area contributed by atoms with E-state index in [1.165, 1.54) is 0 Å². The number of imidazole rings is 1. The zero-order chi connectivity index (χ0) is 16.5. The number of pyridine rings is 1. The van der Waals surface area contributed by atoms with E-state index in [4.69, 9.17) is 0 Å². The molecule has 122 valence electrons. The molecule has 0 N–H and O–H groups in total. The van der Waals surface area contributed by atoms with Gasteiger partial charge in [0.15, 0.2) is 5.69 Å². The highest BCUT2D eigenvalue weighted by atomic mass is 16.2. The van der Waals surface area contributed by atoms with Gasteiger partial charge in [-0.15, -0.1) is 0 Å². The molecule has 4 heterocycles. The van der Waals surface area contributed by atoms with Crippen molar-refractivity contribution in [2.75, 3.05) is 31.1 Å². The maximum atomic E-state index is 12.9. The minimum Gasteiger partial charge on any atom is -0.337 e. The van der Waals surface area contributed by atoms with Crippen molar-refractivity contribution in [3.63, 3.8) is 0 Å². The lowest BCUT2D eigenvalue weighted by molar-refractivity contribution is 0.0743. The minimum atomic E-state index is -0.0135. The van der Waals surface area contributed by atoms with Gasteiger partial charge in [0, 0.05) is 44.8 Å². The number of rotatable bonds is 2. The minimum absolute atomic E-state index is 0.0135. The van der Waals surface area contributed by atoms with E-state index < -0.39 is 0 Å². The SMILES string of the molecule is Cc1nc(C(=O)N2CCN(c3ncccn3)CC2)c2ccccn12. The first-order chi connectivity index (χ1) is 11.7. The molecular weight excluding hydrogens is 304 g/mol. The summed E-state index contributed by atoms with van der Waals surface area (Å²) in [5, 5.41) is 0. The van der Waals surface area contributed by atoms with Crippen LogP contribution in [0.25, 0.3) is 5.52 Å². The summed E-state index contributed by atoms with van der Waals surface area (Å²) in [7, 11) is 0. The number of nitrogens with zero attached hydrogens (tertiary/aromatic N) is 6. The molecule has 4 rings (SSSR count). The number of aryl methyl sites for hydroxylation is 1. The van der Waals surface area contributed by atoms with E-state index in [1.807, 2.05) is 40.6 Å². The number of hydrogen-bond donors (Lipinski definition) is 0. The summed E-state index contributed by atoms with van der Waals surface area (Å²) in [5.74, 6) is 1.53. The van der Waals surface area contributed by atoms with E-state index in [-0.39, 0.29) is 5.91 Å². The Labute approximate surface area is 139 Å². The lowest BCUT2D eigenvalue weighted by Gasteiger charge is -2.34. The van der Waals surface area contributed by atoms with Crippen molar-refractivity contribution in [3.05, 3.63) is 54.4 Å². The van der Waals surface area contributed by atoms with Crippen LogP contribution in [-0.4, -0.2) is 56.3 Å². The van der Waals surface area contributed by atoms with E-state index in [0.29, 0.717) is 24.7 Å². The van der Waals surface area contributed by atoms with Crippen LogP contribution >= 0.6 is 0 Å². The maximum Gasteiger partial charge on any atom is 0.274 e. The summed E-state index contributed by atoms with van der Waals surface area (Å²) in [5.41, 5.74) is 1.38. The van der Waals surface area contributed by atoms with Gasteiger partial charge in [-0.2, -0.15) is 0 Å². The fraction of sp³-hybridized carbons (Fsp3) is 0.294. The van der Waals surface area contributed by atoms with E-state index >= 15 is 0 Å². The first-order valence-corrected chi connectivity index (χ1v) is 7.99. The smallest absolute Gasteiger partial charge is 0.274 e. The van der Waals surface area contributed by atoms with Gasteiger partial charge >= 0.3 is 0 Å². The third kappa shape index (κ3) is 2.47. The van der Waals surface area contributed by atoms with Crippen LogP contribution in [0.15, 0.2) is 42.9 Å². The second-order valence-corrected chi connectivity index (χ2v) is 5.79. The van der Waals surface area contributed by atoms with E-state index in [1.54, 1.807) is 18.5 Å². The molecule has 1 amide bonds. The summed E-state index contributed by atoms with van der Waals surface area (Å²) < 4.78 is 1.95. The Kier molecular flexibility index (Phi) is 3.60. The van der Waals surface area contributed by atoms with Gasteiger partial charge in [-0.3, -0.25) is 4.79 Å². The predicted molar refractivity (Wildman–Crippen MR) is 90.1 cm³/mol. The summed E-state index contributed by atoms with van der Waals surface area (Å²) in [4.78, 5) is 29.8. The standard InChI is InChI=1S/C17H18N6O/c1-13-20-15(14-5-2-3-8-23(13)14)16(24)21-9-11-22(12-10-21)17-18-6-4-7-19-17/h2-8H,9-12H2,1H3. The third-order valence-corrected chi connectivity index (χ3v) is 4.33. The molecule has 3 aromatic heterocycles. The van der Waals surface area contributed by atoms with Crippen molar-refractivity contribution in [1.82, 2.24) is 24.3 Å². The summed E-state index contributed by atoms with van der Waals surface area (Å²) in [6.45, 7) is 4.64. The molecule has 7 nitrogen and oxygen atoms in total. The molecular formula is C17H18N6O. The molecule has 0 radical (unpaired) electrons. The Balaban J connectivity index is 1.52. The van der Waals surface area contributed by atoms with Crippen molar-refractivity contribution < 1.29 is 4.79 Å². The van der Waals surface area contributed by atoms with Crippen LogP contribution in [0.4, 0.5) is 5.95 Å². The zero-order valence-electron chi connectivity index (χ0n) is 13.5. The van der Waals surface area contributed by atoms with E-state index in [0.717, 1.165) is 24.4 Å². The first kappa shape index (κ1) is 14.6. The highest BCUT2D eigenvalue weighted by Crippen LogP contribution is 2.17. The molecule has 1 saturated heterocycles. The molecule has 3 aromatic rings. The summed E-state index contributed by atoms with van der Waals surface area (Å²) >= 11 is 0. The van der Waals surface area contributed by atoms with Crippen LogP contribution in [0.3, 0.4) is 0 Å². The van der Waals surface area contributed by atoms with Crippen molar-refractivity contribution in [1.29, 1.82) is 0 Å². The molecule has 0 spiro atoms. The molecule has 24 heavy (non-hydrogen) atoms. The normalized spacial score (nSPS) is 15.0. The highest BCUT2D eigenvalue weighted by molar-refractivity contribution is 5.99. The Morgan fingerprint density at radius 2 is 1.79 bits per heavy atom. The van der Waals surface area contributed by atoms with Crippen molar-refractivity contribution in [2.45, 2.75) is 6.92 Å². The molecule has 0 aliphatic carbocycles. The van der Waals surface area contributed by atoms with Crippen molar-refractivity contribution in [2.24, 2.45) is 0 Å². The van der Waals surface area contributed by atoms with Gasteiger partial charge in [-0.1, -0.05) is 6.07 Å². The molecule has 0 saturated carbocycles. The zero-order valence-corrected chi connectivity index (χ0v) is 13.5. The number of piperazine rings is 1. The third-order valence-electron chi connectivity index (χ3n) is 4.33. The Morgan fingerprint density at radius 1 is 1.04 bits per heavy atom. The summed E-state index contributed by atoms with van der Waals surface area (Å²) in [6.07, 6.45) is 5.40. The Morgan fingerprint density at radius 3 is 2.54 bits per heavy atom. The molecule has 0 unspecified atom stereocenters. The molecule has 0 aromatic carbocycles. The van der Waals surface area contributed by atoms with Gasteiger partial charge in [-0.05, 0) is 25.1 Å².